The first-order valence-electron chi connectivity index (χ1n) is 11.7. The number of nitrogens with zero attached hydrogens (tertiary/aromatic N) is 8. The van der Waals surface area contributed by atoms with E-state index in [9.17, 15) is 4.79 Å². The zero-order valence-corrected chi connectivity index (χ0v) is 22.5. The van der Waals surface area contributed by atoms with Gasteiger partial charge < -0.3 is 19.9 Å². The van der Waals surface area contributed by atoms with Gasteiger partial charge in [-0.25, -0.2) is 24.7 Å². The van der Waals surface area contributed by atoms with Crippen molar-refractivity contribution in [3.63, 3.8) is 0 Å². The molecule has 2 aromatic heterocycles. The highest BCUT2D eigenvalue weighted by Gasteiger charge is 2.22. The SMILES string of the molecule is CC(C)(C)OC(=O)N1CCNCC1.N#Cc1cnc(Br)cn1.N#Cc1cnc(N2CCCCC2)cn1. The van der Waals surface area contributed by atoms with E-state index in [4.69, 9.17) is 15.3 Å². The molecule has 0 spiro atoms. The van der Waals surface area contributed by atoms with Gasteiger partial charge in [0.2, 0.25) is 0 Å². The maximum Gasteiger partial charge on any atom is 0.410 e. The topological polar surface area (TPSA) is 144 Å². The fourth-order valence-corrected chi connectivity index (χ4v) is 3.41. The number of nitrogens with one attached hydrogen (secondary N) is 1. The smallest absolute Gasteiger partial charge is 0.410 e. The summed E-state index contributed by atoms with van der Waals surface area (Å²) >= 11 is 3.09. The third-order valence-corrected chi connectivity index (χ3v) is 5.35. The Hall–Kier alpha value is -3.35. The molecule has 0 aromatic carbocycles. The van der Waals surface area contributed by atoms with Crippen molar-refractivity contribution >= 4 is 27.8 Å². The Morgan fingerprint density at radius 2 is 1.50 bits per heavy atom. The molecule has 0 unspecified atom stereocenters. The first-order chi connectivity index (χ1) is 17.2. The molecular weight excluding hydrogens is 526 g/mol. The molecule has 2 aliphatic rings. The maximum absolute atomic E-state index is 11.5. The van der Waals surface area contributed by atoms with E-state index in [-0.39, 0.29) is 11.7 Å². The van der Waals surface area contributed by atoms with E-state index in [1.165, 1.54) is 37.9 Å². The minimum Gasteiger partial charge on any atom is -0.444 e. The molecular formula is C24H32BrN9O2. The molecule has 0 radical (unpaired) electrons. The third kappa shape index (κ3) is 10.9. The van der Waals surface area contributed by atoms with Crippen molar-refractivity contribution in [1.29, 1.82) is 10.5 Å². The van der Waals surface area contributed by atoms with Gasteiger partial charge in [0.05, 0.1) is 24.8 Å². The van der Waals surface area contributed by atoms with E-state index in [1.807, 2.05) is 32.9 Å². The van der Waals surface area contributed by atoms with Gasteiger partial charge in [-0.05, 0) is 56.0 Å². The number of amides is 1. The largest absolute Gasteiger partial charge is 0.444 e. The molecule has 2 fully saturated rings. The first kappa shape index (κ1) is 28.9. The Bertz CT molecular complexity index is 1020. The van der Waals surface area contributed by atoms with Crippen LogP contribution in [0.5, 0.6) is 0 Å². The fourth-order valence-electron chi connectivity index (χ4n) is 3.21. The lowest BCUT2D eigenvalue weighted by molar-refractivity contribution is 0.0229. The van der Waals surface area contributed by atoms with Crippen LogP contribution in [0.25, 0.3) is 0 Å². The highest BCUT2D eigenvalue weighted by molar-refractivity contribution is 9.10. The monoisotopic (exact) mass is 557 g/mol. The number of hydrogen-bond donors (Lipinski definition) is 1. The number of anilines is 1. The van der Waals surface area contributed by atoms with E-state index in [2.05, 4.69) is 46.1 Å². The Morgan fingerprint density at radius 1 is 0.917 bits per heavy atom. The van der Waals surface area contributed by atoms with Crippen molar-refractivity contribution in [3.8, 4) is 12.1 Å². The van der Waals surface area contributed by atoms with Crippen molar-refractivity contribution in [2.45, 2.75) is 45.6 Å². The van der Waals surface area contributed by atoms with Gasteiger partial charge in [-0.1, -0.05) is 0 Å². The van der Waals surface area contributed by atoms with Crippen LogP contribution in [-0.2, 0) is 4.74 Å². The van der Waals surface area contributed by atoms with E-state index in [1.54, 1.807) is 11.1 Å². The normalized spacial score (nSPS) is 15.2. The van der Waals surface area contributed by atoms with Gasteiger partial charge in [-0.15, -0.1) is 0 Å². The number of carbonyl (C=O) groups is 1. The van der Waals surface area contributed by atoms with Crippen LogP contribution in [0.4, 0.5) is 10.6 Å². The maximum atomic E-state index is 11.5. The minimum atomic E-state index is -0.387. The summed E-state index contributed by atoms with van der Waals surface area (Å²) < 4.78 is 5.88. The lowest BCUT2D eigenvalue weighted by atomic mass is 10.1. The summed E-state index contributed by atoms with van der Waals surface area (Å²) in [7, 11) is 0. The van der Waals surface area contributed by atoms with Gasteiger partial charge in [-0.3, -0.25) is 0 Å². The number of halogens is 1. The molecule has 12 heteroatoms. The number of nitriles is 2. The number of piperazine rings is 1. The van der Waals surface area contributed by atoms with E-state index in [0.717, 1.165) is 45.1 Å². The van der Waals surface area contributed by atoms with E-state index < -0.39 is 0 Å². The predicted octanol–water partition coefficient (Wildman–Crippen LogP) is 3.28. The molecule has 192 valence electrons. The van der Waals surface area contributed by atoms with Crippen LogP contribution in [0.15, 0.2) is 29.4 Å². The molecule has 0 bridgehead atoms. The number of hydrogen-bond acceptors (Lipinski definition) is 10. The second-order valence-corrected chi connectivity index (χ2v) is 9.79. The molecule has 0 saturated carbocycles. The van der Waals surface area contributed by atoms with E-state index >= 15 is 0 Å². The molecule has 1 amide bonds. The van der Waals surface area contributed by atoms with Crippen LogP contribution in [0, 0.1) is 22.7 Å². The summed E-state index contributed by atoms with van der Waals surface area (Å²) in [4.78, 5) is 31.2. The molecule has 0 atom stereocenters. The van der Waals surface area contributed by atoms with Crippen LogP contribution in [0.2, 0.25) is 0 Å². The van der Waals surface area contributed by atoms with Crippen molar-refractivity contribution in [2.75, 3.05) is 44.2 Å². The number of piperidine rings is 1. The molecule has 11 nitrogen and oxygen atoms in total. The number of ether oxygens (including phenoxy) is 1. The summed E-state index contributed by atoms with van der Waals surface area (Å²) in [6.45, 7) is 11.0. The zero-order chi connectivity index (χ0) is 26.4. The highest BCUT2D eigenvalue weighted by Crippen LogP contribution is 2.16. The quantitative estimate of drug-likeness (QED) is 0.554. The van der Waals surface area contributed by atoms with Crippen LogP contribution in [0.3, 0.4) is 0 Å². The van der Waals surface area contributed by atoms with Gasteiger partial charge in [0.1, 0.15) is 28.2 Å². The van der Waals surface area contributed by atoms with Gasteiger partial charge in [0, 0.05) is 39.3 Å². The molecule has 0 aliphatic carbocycles. The minimum absolute atomic E-state index is 0.200. The lowest BCUT2D eigenvalue weighted by Crippen LogP contribution is -2.48. The average Bonchev–Trinajstić information content (AvgIpc) is 2.90. The molecule has 2 aliphatic heterocycles. The number of aromatic nitrogens is 4. The van der Waals surface area contributed by atoms with Crippen molar-refractivity contribution in [3.05, 3.63) is 40.8 Å². The van der Waals surface area contributed by atoms with Gasteiger partial charge in [0.25, 0.3) is 0 Å². The summed E-state index contributed by atoms with van der Waals surface area (Å²) in [5.74, 6) is 0.892. The fraction of sp³-hybridized carbons (Fsp3) is 0.542. The van der Waals surface area contributed by atoms with Crippen molar-refractivity contribution < 1.29 is 9.53 Å². The number of carbonyl (C=O) groups excluding carboxylic acids is 1. The van der Waals surface area contributed by atoms with Crippen LogP contribution in [0.1, 0.15) is 51.4 Å². The molecule has 4 heterocycles. The second-order valence-electron chi connectivity index (χ2n) is 8.97. The van der Waals surface area contributed by atoms with Crippen molar-refractivity contribution in [1.82, 2.24) is 30.2 Å². The molecule has 36 heavy (non-hydrogen) atoms. The van der Waals surface area contributed by atoms with E-state index in [0.29, 0.717) is 16.0 Å². The molecule has 4 rings (SSSR count). The summed E-state index contributed by atoms with van der Waals surface area (Å²) in [5.41, 5.74) is 0.325. The predicted molar refractivity (Wildman–Crippen MR) is 138 cm³/mol. The Kier molecular flexibility index (Phi) is 12.0. The van der Waals surface area contributed by atoms with Gasteiger partial charge >= 0.3 is 6.09 Å². The Labute approximate surface area is 220 Å². The van der Waals surface area contributed by atoms with Gasteiger partial charge in [0.15, 0.2) is 11.4 Å². The Morgan fingerprint density at radius 3 is 1.97 bits per heavy atom. The van der Waals surface area contributed by atoms with Gasteiger partial charge in [-0.2, -0.15) is 10.5 Å². The summed E-state index contributed by atoms with van der Waals surface area (Å²) in [5, 5.41) is 20.0. The molecule has 2 saturated heterocycles. The Balaban J connectivity index is 0.000000195. The summed E-state index contributed by atoms with van der Waals surface area (Å²) in [6, 6.07) is 3.82. The molecule has 1 N–H and O–H groups in total. The summed E-state index contributed by atoms with van der Waals surface area (Å²) in [6.07, 6.45) is 9.66. The van der Waals surface area contributed by atoms with Crippen molar-refractivity contribution in [2.24, 2.45) is 0 Å². The first-order valence-corrected chi connectivity index (χ1v) is 12.5. The molecule has 2 aromatic rings. The van der Waals surface area contributed by atoms with Crippen LogP contribution in [-0.4, -0.2) is 75.8 Å². The standard InChI is InChI=1S/C10H12N4.C9H18N2O2.C5H2BrN3/c11-6-9-7-13-10(8-12-9)14-4-2-1-3-5-14;1-9(2,3)13-8(12)11-6-4-10-5-7-11;6-5-3-8-4(1-7)2-9-5/h7-8H,1-5H2;10H,4-7H2,1-3H3;2-3H. The number of rotatable bonds is 1. The third-order valence-electron chi connectivity index (χ3n) is 4.94. The lowest BCUT2D eigenvalue weighted by Gasteiger charge is -2.30. The second kappa shape index (κ2) is 14.9. The van der Waals surface area contributed by atoms with Crippen LogP contribution < -0.4 is 10.2 Å². The average molecular weight is 558 g/mol. The van der Waals surface area contributed by atoms with Crippen LogP contribution >= 0.6 is 15.9 Å². The zero-order valence-electron chi connectivity index (χ0n) is 20.9. The highest BCUT2D eigenvalue weighted by atomic mass is 79.9.